The Balaban J connectivity index is 1.89. The first-order chi connectivity index (χ1) is 7.86. The lowest BCUT2D eigenvalue weighted by atomic mass is 10.2. The van der Waals surface area contributed by atoms with Crippen molar-refractivity contribution in [2.24, 2.45) is 0 Å². The molecule has 1 aromatic rings. The molecule has 2 nitrogen and oxygen atoms in total. The van der Waals surface area contributed by atoms with Crippen molar-refractivity contribution in [2.75, 3.05) is 13.1 Å². The lowest BCUT2D eigenvalue weighted by Gasteiger charge is -2.27. The van der Waals surface area contributed by atoms with Crippen molar-refractivity contribution in [2.45, 2.75) is 38.8 Å². The Bertz CT molecular complexity index is 291. The maximum absolute atomic E-state index is 5.94. The van der Waals surface area contributed by atoms with Gasteiger partial charge in [-0.1, -0.05) is 31.0 Å². The number of nitrogens with zero attached hydrogens (tertiary/aromatic N) is 1. The van der Waals surface area contributed by atoms with Gasteiger partial charge >= 0.3 is 0 Å². The van der Waals surface area contributed by atoms with Gasteiger partial charge in [0.2, 0.25) is 0 Å². The summed E-state index contributed by atoms with van der Waals surface area (Å²) in [5, 5.41) is 0. The number of hydrogen-bond acceptors (Lipinski definition) is 2. The predicted molar refractivity (Wildman–Crippen MR) is 66.6 cm³/mol. The molecule has 0 aromatic heterocycles. The molecule has 0 bridgehead atoms. The Morgan fingerprint density at radius 2 is 1.62 bits per heavy atom. The monoisotopic (exact) mass is 219 g/mol. The maximum atomic E-state index is 5.94. The van der Waals surface area contributed by atoms with E-state index in [9.17, 15) is 0 Å². The van der Waals surface area contributed by atoms with Crippen molar-refractivity contribution in [1.29, 1.82) is 0 Å². The minimum atomic E-state index is 0.195. The summed E-state index contributed by atoms with van der Waals surface area (Å²) in [6.07, 6.45) is 5.55. The van der Waals surface area contributed by atoms with E-state index in [2.05, 4.69) is 11.8 Å². The van der Waals surface area contributed by atoms with Gasteiger partial charge in [-0.2, -0.15) is 0 Å². The molecule has 0 saturated carbocycles. The minimum absolute atomic E-state index is 0.195. The maximum Gasteiger partial charge on any atom is 0.149 e. The van der Waals surface area contributed by atoms with Crippen molar-refractivity contribution in [3.05, 3.63) is 30.3 Å². The summed E-state index contributed by atoms with van der Waals surface area (Å²) in [7, 11) is 0. The van der Waals surface area contributed by atoms with Crippen LogP contribution in [0.25, 0.3) is 0 Å². The van der Waals surface area contributed by atoms with Gasteiger partial charge in [0.1, 0.15) is 12.0 Å². The van der Waals surface area contributed by atoms with E-state index in [-0.39, 0.29) is 6.23 Å². The second-order valence-electron chi connectivity index (χ2n) is 4.48. The van der Waals surface area contributed by atoms with Gasteiger partial charge < -0.3 is 4.74 Å². The molecule has 2 heteroatoms. The van der Waals surface area contributed by atoms with E-state index in [1.54, 1.807) is 0 Å². The first-order valence-electron chi connectivity index (χ1n) is 6.32. The van der Waals surface area contributed by atoms with Crippen LogP contribution in [0.2, 0.25) is 0 Å². The zero-order valence-corrected chi connectivity index (χ0v) is 10.1. The molecule has 1 unspecified atom stereocenters. The normalized spacial score (nSPS) is 20.1. The number of para-hydroxylation sites is 1. The van der Waals surface area contributed by atoms with E-state index < -0.39 is 0 Å². The Hall–Kier alpha value is -1.02. The molecule has 0 aliphatic carbocycles. The largest absolute Gasteiger partial charge is 0.475 e. The summed E-state index contributed by atoms with van der Waals surface area (Å²) in [5.41, 5.74) is 0. The fraction of sp³-hybridized carbons (Fsp3) is 0.571. The highest BCUT2D eigenvalue weighted by Gasteiger charge is 2.16. The van der Waals surface area contributed by atoms with E-state index >= 15 is 0 Å². The zero-order valence-electron chi connectivity index (χ0n) is 10.1. The summed E-state index contributed by atoms with van der Waals surface area (Å²) >= 11 is 0. The molecule has 1 aromatic carbocycles. The molecule has 16 heavy (non-hydrogen) atoms. The zero-order chi connectivity index (χ0) is 11.2. The van der Waals surface area contributed by atoms with Gasteiger partial charge in [-0.05, 0) is 31.9 Å². The van der Waals surface area contributed by atoms with Crippen LogP contribution in [0.1, 0.15) is 32.6 Å². The number of benzene rings is 1. The van der Waals surface area contributed by atoms with Crippen LogP contribution in [-0.2, 0) is 0 Å². The smallest absolute Gasteiger partial charge is 0.149 e. The van der Waals surface area contributed by atoms with Crippen molar-refractivity contribution < 1.29 is 4.74 Å². The van der Waals surface area contributed by atoms with Crippen molar-refractivity contribution in [3.63, 3.8) is 0 Å². The molecular formula is C14H21NO. The molecule has 1 aliphatic heterocycles. The van der Waals surface area contributed by atoms with E-state index in [0.717, 1.165) is 5.75 Å². The van der Waals surface area contributed by atoms with Gasteiger partial charge in [0.25, 0.3) is 0 Å². The van der Waals surface area contributed by atoms with E-state index in [1.165, 1.54) is 38.8 Å². The predicted octanol–water partition coefficient (Wildman–Crippen LogP) is 3.29. The number of likely N-dealkylation sites (tertiary alicyclic amines) is 1. The number of ether oxygens (including phenoxy) is 1. The third kappa shape index (κ3) is 3.24. The first-order valence-corrected chi connectivity index (χ1v) is 6.32. The summed E-state index contributed by atoms with van der Waals surface area (Å²) in [5.74, 6) is 0.972. The molecule has 1 aliphatic rings. The van der Waals surface area contributed by atoms with Gasteiger partial charge in [-0.25, -0.2) is 0 Å². The molecule has 0 spiro atoms. The van der Waals surface area contributed by atoms with Crippen LogP contribution < -0.4 is 4.74 Å². The number of rotatable bonds is 3. The second-order valence-corrected chi connectivity index (χ2v) is 4.48. The summed E-state index contributed by atoms with van der Waals surface area (Å²) in [6, 6.07) is 10.1. The quantitative estimate of drug-likeness (QED) is 0.773. The molecule has 0 radical (unpaired) electrons. The molecule has 1 fully saturated rings. The average molecular weight is 219 g/mol. The van der Waals surface area contributed by atoms with Gasteiger partial charge in [0.05, 0.1) is 0 Å². The standard InChI is InChI=1S/C14H21NO/c1-13(15-11-7-2-3-8-12-15)16-14-9-5-4-6-10-14/h4-6,9-10,13H,2-3,7-8,11-12H2,1H3. The van der Waals surface area contributed by atoms with Crippen LogP contribution in [0.5, 0.6) is 5.75 Å². The Kier molecular flexibility index (Phi) is 4.23. The highest BCUT2D eigenvalue weighted by Crippen LogP contribution is 2.16. The Morgan fingerprint density at radius 3 is 2.25 bits per heavy atom. The highest BCUT2D eigenvalue weighted by atomic mass is 16.5. The molecule has 1 atom stereocenters. The van der Waals surface area contributed by atoms with Crippen LogP contribution in [0.15, 0.2) is 30.3 Å². The van der Waals surface area contributed by atoms with E-state index in [0.29, 0.717) is 0 Å². The van der Waals surface area contributed by atoms with E-state index in [1.807, 2.05) is 30.3 Å². The number of hydrogen-bond donors (Lipinski definition) is 0. The summed E-state index contributed by atoms with van der Waals surface area (Å²) in [4.78, 5) is 2.44. The fourth-order valence-corrected chi connectivity index (χ4v) is 2.23. The molecule has 2 rings (SSSR count). The van der Waals surface area contributed by atoms with Crippen molar-refractivity contribution >= 4 is 0 Å². The highest BCUT2D eigenvalue weighted by molar-refractivity contribution is 5.21. The lowest BCUT2D eigenvalue weighted by molar-refractivity contribution is 0.0425. The third-order valence-electron chi connectivity index (χ3n) is 3.20. The minimum Gasteiger partial charge on any atom is -0.475 e. The molecular weight excluding hydrogens is 198 g/mol. The van der Waals surface area contributed by atoms with Crippen LogP contribution in [-0.4, -0.2) is 24.2 Å². The molecule has 1 saturated heterocycles. The van der Waals surface area contributed by atoms with Crippen LogP contribution in [0.3, 0.4) is 0 Å². The Labute approximate surface area is 98.2 Å². The van der Waals surface area contributed by atoms with Gasteiger partial charge in [0.15, 0.2) is 0 Å². The molecule has 88 valence electrons. The van der Waals surface area contributed by atoms with Gasteiger partial charge in [-0.15, -0.1) is 0 Å². The SMILES string of the molecule is CC(Oc1ccccc1)N1CCCCCC1. The fourth-order valence-electron chi connectivity index (χ4n) is 2.23. The molecule has 0 N–H and O–H groups in total. The Morgan fingerprint density at radius 1 is 1.00 bits per heavy atom. The first kappa shape index (κ1) is 11.5. The van der Waals surface area contributed by atoms with Gasteiger partial charge in [-0.3, -0.25) is 4.90 Å². The van der Waals surface area contributed by atoms with Crippen molar-refractivity contribution in [1.82, 2.24) is 4.90 Å². The van der Waals surface area contributed by atoms with Crippen LogP contribution in [0, 0.1) is 0 Å². The van der Waals surface area contributed by atoms with Gasteiger partial charge in [0, 0.05) is 13.1 Å². The topological polar surface area (TPSA) is 12.5 Å². The third-order valence-corrected chi connectivity index (χ3v) is 3.20. The van der Waals surface area contributed by atoms with Crippen LogP contribution in [0.4, 0.5) is 0 Å². The lowest BCUT2D eigenvalue weighted by Crippen LogP contribution is -2.37. The average Bonchev–Trinajstić information content (AvgIpc) is 2.59. The molecule has 0 amide bonds. The van der Waals surface area contributed by atoms with Crippen molar-refractivity contribution in [3.8, 4) is 5.75 Å². The summed E-state index contributed by atoms with van der Waals surface area (Å²) < 4.78 is 5.94. The summed E-state index contributed by atoms with van der Waals surface area (Å²) in [6.45, 7) is 4.50. The second kappa shape index (κ2) is 5.90. The van der Waals surface area contributed by atoms with E-state index in [4.69, 9.17) is 4.74 Å². The van der Waals surface area contributed by atoms with Crippen LogP contribution >= 0.6 is 0 Å². The molecule has 1 heterocycles.